The minimum Gasteiger partial charge on any atom is -0.501 e. The Morgan fingerprint density at radius 1 is 1.38 bits per heavy atom. The third kappa shape index (κ3) is 6.50. The first-order chi connectivity index (χ1) is 17.4. The number of quaternary nitrogens is 1. The van der Waals surface area contributed by atoms with Crippen molar-refractivity contribution in [1.29, 1.82) is 5.41 Å². The maximum Gasteiger partial charge on any atom is 0.296 e. The van der Waals surface area contributed by atoms with E-state index in [0.717, 1.165) is 0 Å². The molecule has 37 heavy (non-hydrogen) atoms. The SMILES string of the molecule is CC(c1nc(C(=O)Nc2cnoc2)c(O)c(=O)n1C)C(/C(C=N)=C/[NH2+]CC(C)(C)O)c1ccccc1Cl. The van der Waals surface area contributed by atoms with Crippen LogP contribution in [0.3, 0.4) is 0 Å². The summed E-state index contributed by atoms with van der Waals surface area (Å²) in [6.45, 7) is 5.49. The van der Waals surface area contributed by atoms with Crippen LogP contribution in [0.1, 0.15) is 54.5 Å². The molecule has 2 heterocycles. The Balaban J connectivity index is 2.13. The Labute approximate surface area is 218 Å². The van der Waals surface area contributed by atoms with Crippen LogP contribution in [0.2, 0.25) is 5.02 Å². The van der Waals surface area contributed by atoms with Crippen LogP contribution < -0.4 is 16.2 Å². The molecular weight excluding hydrogens is 500 g/mol. The van der Waals surface area contributed by atoms with Crippen molar-refractivity contribution in [1.82, 2.24) is 14.7 Å². The predicted octanol–water partition coefficient (Wildman–Crippen LogP) is 2.13. The van der Waals surface area contributed by atoms with Crippen molar-refractivity contribution in [3.8, 4) is 5.75 Å². The summed E-state index contributed by atoms with van der Waals surface area (Å²) >= 11 is 6.56. The zero-order valence-electron chi connectivity index (χ0n) is 20.9. The van der Waals surface area contributed by atoms with E-state index < -0.39 is 40.3 Å². The molecule has 2 aromatic heterocycles. The first-order valence-electron chi connectivity index (χ1n) is 11.5. The van der Waals surface area contributed by atoms with E-state index in [1.165, 1.54) is 30.3 Å². The first kappa shape index (κ1) is 27.8. The fraction of sp³-hybridized carbons (Fsp3) is 0.320. The number of nitrogens with one attached hydrogen (secondary N) is 2. The highest BCUT2D eigenvalue weighted by atomic mass is 35.5. The number of hydrogen-bond donors (Lipinski definition) is 5. The maximum atomic E-state index is 12.9. The number of carbonyl (C=O) groups excluding carboxylic acids is 1. The highest BCUT2D eigenvalue weighted by Crippen LogP contribution is 2.39. The van der Waals surface area contributed by atoms with Crippen molar-refractivity contribution < 1.29 is 24.8 Å². The lowest BCUT2D eigenvalue weighted by Crippen LogP contribution is -2.82. The second kappa shape index (κ2) is 11.5. The Hall–Kier alpha value is -3.80. The number of halogens is 1. The van der Waals surface area contributed by atoms with Gasteiger partial charge in [-0.25, -0.2) is 4.98 Å². The number of hydrogen-bond acceptors (Lipinski definition) is 8. The lowest BCUT2D eigenvalue weighted by Gasteiger charge is -2.27. The van der Waals surface area contributed by atoms with Gasteiger partial charge in [0.25, 0.3) is 11.5 Å². The number of carbonyl (C=O) groups is 1. The number of amides is 1. The van der Waals surface area contributed by atoms with Crippen LogP contribution in [0, 0.1) is 5.41 Å². The highest BCUT2D eigenvalue weighted by Gasteiger charge is 2.32. The minimum atomic E-state index is -0.940. The number of nitrogens with two attached hydrogens (primary N) is 1. The number of allylic oxidation sites excluding steroid dienone is 1. The summed E-state index contributed by atoms with van der Waals surface area (Å²) in [6, 6.07) is 7.13. The van der Waals surface area contributed by atoms with Gasteiger partial charge in [-0.05, 0) is 25.5 Å². The number of benzene rings is 1. The Morgan fingerprint density at radius 2 is 2.08 bits per heavy atom. The van der Waals surface area contributed by atoms with Gasteiger partial charge in [-0.3, -0.25) is 14.2 Å². The van der Waals surface area contributed by atoms with Crippen molar-refractivity contribution >= 4 is 29.4 Å². The molecule has 6 N–H and O–H groups in total. The maximum absolute atomic E-state index is 12.9. The summed E-state index contributed by atoms with van der Waals surface area (Å²) in [5, 5.41) is 36.9. The fourth-order valence-electron chi connectivity index (χ4n) is 3.97. The molecule has 0 saturated heterocycles. The van der Waals surface area contributed by atoms with Crippen LogP contribution in [-0.2, 0) is 7.05 Å². The molecule has 1 amide bonds. The largest absolute Gasteiger partial charge is 0.501 e. The van der Waals surface area contributed by atoms with Gasteiger partial charge in [-0.15, -0.1) is 0 Å². The zero-order chi connectivity index (χ0) is 27.3. The van der Waals surface area contributed by atoms with E-state index in [-0.39, 0.29) is 11.5 Å². The molecule has 0 spiro atoms. The van der Waals surface area contributed by atoms with Crippen molar-refractivity contribution in [2.75, 3.05) is 11.9 Å². The molecule has 11 nitrogen and oxygen atoms in total. The summed E-state index contributed by atoms with van der Waals surface area (Å²) in [5.74, 6) is -2.56. The summed E-state index contributed by atoms with van der Waals surface area (Å²) < 4.78 is 5.87. The predicted molar refractivity (Wildman–Crippen MR) is 138 cm³/mol. The number of aliphatic hydroxyl groups is 1. The Bertz CT molecular complexity index is 1360. The first-order valence-corrected chi connectivity index (χ1v) is 11.8. The molecule has 2 atom stereocenters. The molecule has 3 rings (SSSR count). The Morgan fingerprint density at radius 3 is 2.68 bits per heavy atom. The van der Waals surface area contributed by atoms with Gasteiger partial charge in [0.05, 0.1) is 12.4 Å². The van der Waals surface area contributed by atoms with E-state index in [1.54, 1.807) is 44.4 Å². The number of nitrogens with zero attached hydrogens (tertiary/aromatic N) is 3. The number of anilines is 1. The average Bonchev–Trinajstić information content (AvgIpc) is 3.35. The average molecular weight is 530 g/mol. The smallest absolute Gasteiger partial charge is 0.296 e. The quantitative estimate of drug-likeness (QED) is 0.250. The molecule has 3 aromatic rings. The van der Waals surface area contributed by atoms with Gasteiger partial charge >= 0.3 is 0 Å². The van der Waals surface area contributed by atoms with E-state index in [1.807, 2.05) is 12.1 Å². The number of rotatable bonds is 10. The molecule has 2 unspecified atom stereocenters. The van der Waals surface area contributed by atoms with E-state index in [2.05, 4.69) is 15.5 Å². The van der Waals surface area contributed by atoms with Crippen molar-refractivity contribution in [2.45, 2.75) is 38.2 Å². The molecule has 1 aromatic carbocycles. The Kier molecular flexibility index (Phi) is 8.64. The van der Waals surface area contributed by atoms with E-state index in [9.17, 15) is 19.8 Å². The molecule has 196 valence electrons. The molecule has 12 heteroatoms. The molecule has 0 aliphatic heterocycles. The van der Waals surface area contributed by atoms with Crippen LogP contribution in [-0.4, -0.2) is 49.2 Å². The van der Waals surface area contributed by atoms with E-state index in [4.69, 9.17) is 21.5 Å². The van der Waals surface area contributed by atoms with Gasteiger partial charge in [0.1, 0.15) is 29.9 Å². The van der Waals surface area contributed by atoms with Gasteiger partial charge < -0.3 is 30.8 Å². The van der Waals surface area contributed by atoms with Crippen LogP contribution in [0.4, 0.5) is 5.69 Å². The zero-order valence-corrected chi connectivity index (χ0v) is 21.7. The fourth-order valence-corrected chi connectivity index (χ4v) is 4.22. The third-order valence-electron chi connectivity index (χ3n) is 5.81. The lowest BCUT2D eigenvalue weighted by molar-refractivity contribution is -0.602. The standard InChI is InChI=1S/C25H29ClN6O5/c1-14(19(17-7-5-6-8-18(17)26)15(9-27)10-28-13-25(2,3)36)22-31-20(21(33)24(35)32(22)4)23(34)30-16-11-29-37-12-16/h5-12,14,19,27-28,33,36H,13H2,1-4H3,(H,30,34)/p+1/b15-10+,27-9?. The highest BCUT2D eigenvalue weighted by molar-refractivity contribution is 6.31. The van der Waals surface area contributed by atoms with Crippen LogP contribution in [0.25, 0.3) is 0 Å². The van der Waals surface area contributed by atoms with Crippen LogP contribution in [0.15, 0.2) is 57.8 Å². The summed E-state index contributed by atoms with van der Waals surface area (Å²) in [7, 11) is 1.44. The van der Waals surface area contributed by atoms with Gasteiger partial charge in [0, 0.05) is 35.7 Å². The molecule has 0 bridgehead atoms. The molecular formula is C25H30ClN6O5+. The molecule has 0 aliphatic rings. The second-order valence-electron chi connectivity index (χ2n) is 9.25. The van der Waals surface area contributed by atoms with Crippen LogP contribution >= 0.6 is 11.6 Å². The molecule has 0 aliphatic carbocycles. The van der Waals surface area contributed by atoms with Crippen molar-refractivity contribution in [3.05, 3.63) is 81.0 Å². The number of aromatic hydroxyl groups is 1. The van der Waals surface area contributed by atoms with Gasteiger partial charge in [0.2, 0.25) is 5.75 Å². The van der Waals surface area contributed by atoms with Crippen molar-refractivity contribution in [3.63, 3.8) is 0 Å². The topological polar surface area (TPSA) is 171 Å². The monoisotopic (exact) mass is 529 g/mol. The lowest BCUT2D eigenvalue weighted by atomic mass is 9.81. The summed E-state index contributed by atoms with van der Waals surface area (Å²) in [6.07, 6.45) is 5.37. The molecule has 0 radical (unpaired) electrons. The van der Waals surface area contributed by atoms with Gasteiger partial charge in [0.15, 0.2) is 5.69 Å². The third-order valence-corrected chi connectivity index (χ3v) is 6.15. The second-order valence-corrected chi connectivity index (χ2v) is 9.66. The summed E-state index contributed by atoms with van der Waals surface area (Å²) in [4.78, 5) is 30.1. The summed E-state index contributed by atoms with van der Waals surface area (Å²) in [5.41, 5.74) is -0.753. The van der Waals surface area contributed by atoms with Crippen molar-refractivity contribution in [2.24, 2.45) is 7.05 Å². The van der Waals surface area contributed by atoms with Crippen LogP contribution in [0.5, 0.6) is 5.75 Å². The van der Waals surface area contributed by atoms with Gasteiger partial charge in [-0.1, -0.05) is 41.9 Å². The normalized spacial score (nSPS) is 13.7. The van der Waals surface area contributed by atoms with E-state index >= 15 is 0 Å². The van der Waals surface area contributed by atoms with E-state index in [0.29, 0.717) is 22.7 Å². The molecule has 0 saturated carbocycles. The molecule has 0 fully saturated rings. The minimum absolute atomic E-state index is 0.193. The number of aromatic nitrogens is 3. The van der Waals surface area contributed by atoms with Gasteiger partial charge in [-0.2, -0.15) is 0 Å².